The molecule has 6 nitrogen and oxygen atoms in total. The van der Waals surface area contributed by atoms with Crippen molar-refractivity contribution < 1.29 is 13.2 Å². The average molecular weight is 323 g/mol. The Balaban J connectivity index is 2.17. The van der Waals surface area contributed by atoms with E-state index in [9.17, 15) is 8.42 Å². The number of rotatable bonds is 6. The summed E-state index contributed by atoms with van der Waals surface area (Å²) in [4.78, 5) is 0.214. The number of hydrogen-bond acceptors (Lipinski definition) is 4. The fourth-order valence-electron chi connectivity index (χ4n) is 2.30. The number of benzene rings is 1. The van der Waals surface area contributed by atoms with Crippen LogP contribution in [0.2, 0.25) is 0 Å². The van der Waals surface area contributed by atoms with E-state index in [0.29, 0.717) is 5.75 Å². The Kier molecular flexibility index (Phi) is 4.87. The SMILES string of the molecule is CCn1nc(C)c(CNS(=O)(=O)c2ccc(OC)cc2)c1C. The van der Waals surface area contributed by atoms with E-state index in [1.807, 2.05) is 25.5 Å². The van der Waals surface area contributed by atoms with E-state index >= 15 is 0 Å². The number of hydrogen-bond donors (Lipinski definition) is 1. The number of methoxy groups -OCH3 is 1. The van der Waals surface area contributed by atoms with Crippen molar-refractivity contribution in [2.75, 3.05) is 7.11 Å². The molecule has 1 N–H and O–H groups in total. The molecule has 2 aromatic rings. The van der Waals surface area contributed by atoms with Gasteiger partial charge in [-0.3, -0.25) is 4.68 Å². The van der Waals surface area contributed by atoms with Crippen molar-refractivity contribution in [3.8, 4) is 5.75 Å². The lowest BCUT2D eigenvalue weighted by Crippen LogP contribution is -2.23. The molecule has 22 heavy (non-hydrogen) atoms. The lowest BCUT2D eigenvalue weighted by molar-refractivity contribution is 0.414. The average Bonchev–Trinajstić information content (AvgIpc) is 2.79. The first-order valence-electron chi connectivity index (χ1n) is 7.05. The summed E-state index contributed by atoms with van der Waals surface area (Å²) in [5.74, 6) is 0.620. The summed E-state index contributed by atoms with van der Waals surface area (Å²) in [7, 11) is -2.02. The van der Waals surface area contributed by atoms with Crippen LogP contribution >= 0.6 is 0 Å². The quantitative estimate of drug-likeness (QED) is 0.882. The van der Waals surface area contributed by atoms with Gasteiger partial charge >= 0.3 is 0 Å². The molecule has 0 saturated heterocycles. The maximum Gasteiger partial charge on any atom is 0.240 e. The first-order valence-corrected chi connectivity index (χ1v) is 8.54. The minimum absolute atomic E-state index is 0.214. The summed E-state index contributed by atoms with van der Waals surface area (Å²) in [6.45, 7) is 6.82. The van der Waals surface area contributed by atoms with Gasteiger partial charge in [-0.25, -0.2) is 13.1 Å². The normalized spacial score (nSPS) is 11.6. The second-order valence-corrected chi connectivity index (χ2v) is 6.73. The smallest absolute Gasteiger partial charge is 0.240 e. The van der Waals surface area contributed by atoms with Gasteiger partial charge in [0, 0.05) is 24.3 Å². The van der Waals surface area contributed by atoms with Gasteiger partial charge in [0.05, 0.1) is 17.7 Å². The third kappa shape index (κ3) is 3.31. The molecule has 0 amide bonds. The summed E-state index contributed by atoms with van der Waals surface area (Å²) in [6.07, 6.45) is 0. The number of nitrogens with zero attached hydrogens (tertiary/aromatic N) is 2. The van der Waals surface area contributed by atoms with Gasteiger partial charge in [0.2, 0.25) is 10.0 Å². The lowest BCUT2D eigenvalue weighted by atomic mass is 10.2. The van der Waals surface area contributed by atoms with Crippen LogP contribution in [-0.2, 0) is 23.1 Å². The van der Waals surface area contributed by atoms with Crippen molar-refractivity contribution in [1.29, 1.82) is 0 Å². The molecule has 0 radical (unpaired) electrons. The third-order valence-electron chi connectivity index (χ3n) is 3.64. The second kappa shape index (κ2) is 6.50. The van der Waals surface area contributed by atoms with Gasteiger partial charge in [-0.2, -0.15) is 5.10 Å². The van der Waals surface area contributed by atoms with E-state index in [0.717, 1.165) is 23.5 Å². The highest BCUT2D eigenvalue weighted by Gasteiger charge is 2.17. The Hall–Kier alpha value is -1.86. The molecule has 0 unspecified atom stereocenters. The first kappa shape index (κ1) is 16.5. The van der Waals surface area contributed by atoms with E-state index in [1.165, 1.54) is 12.1 Å². The maximum absolute atomic E-state index is 12.3. The molecular weight excluding hydrogens is 302 g/mol. The Morgan fingerprint density at radius 2 is 1.86 bits per heavy atom. The molecule has 0 fully saturated rings. The summed E-state index contributed by atoms with van der Waals surface area (Å²) in [6, 6.07) is 6.30. The molecule has 0 aliphatic heterocycles. The molecule has 0 saturated carbocycles. The third-order valence-corrected chi connectivity index (χ3v) is 5.06. The largest absolute Gasteiger partial charge is 0.497 e. The molecule has 7 heteroatoms. The predicted molar refractivity (Wildman–Crippen MR) is 84.4 cm³/mol. The molecule has 0 atom stereocenters. The van der Waals surface area contributed by atoms with Crippen LogP contribution in [0, 0.1) is 13.8 Å². The van der Waals surface area contributed by atoms with Gasteiger partial charge in [-0.15, -0.1) is 0 Å². The Morgan fingerprint density at radius 1 is 1.23 bits per heavy atom. The van der Waals surface area contributed by atoms with E-state index in [4.69, 9.17) is 4.74 Å². The fraction of sp³-hybridized carbons (Fsp3) is 0.400. The van der Waals surface area contributed by atoms with E-state index in [-0.39, 0.29) is 11.4 Å². The van der Waals surface area contributed by atoms with Gasteiger partial charge in [-0.1, -0.05) is 0 Å². The molecular formula is C15H21N3O3S. The fourth-order valence-corrected chi connectivity index (χ4v) is 3.30. The van der Waals surface area contributed by atoms with Gasteiger partial charge in [0.1, 0.15) is 5.75 Å². The lowest BCUT2D eigenvalue weighted by Gasteiger charge is -2.08. The molecule has 0 aliphatic rings. The van der Waals surface area contributed by atoms with E-state index in [2.05, 4.69) is 9.82 Å². The van der Waals surface area contributed by atoms with Gasteiger partial charge < -0.3 is 4.74 Å². The van der Waals surface area contributed by atoms with E-state index in [1.54, 1.807) is 19.2 Å². The number of ether oxygens (including phenoxy) is 1. The molecule has 0 aliphatic carbocycles. The minimum atomic E-state index is -3.56. The molecule has 1 aromatic heterocycles. The van der Waals surface area contributed by atoms with Crippen LogP contribution in [-0.4, -0.2) is 25.3 Å². The number of aryl methyl sites for hydroxylation is 2. The monoisotopic (exact) mass is 323 g/mol. The van der Waals surface area contributed by atoms with Crippen LogP contribution < -0.4 is 9.46 Å². The summed E-state index contributed by atoms with van der Waals surface area (Å²) >= 11 is 0. The molecule has 0 bridgehead atoms. The Bertz CT molecular complexity index is 749. The van der Waals surface area contributed by atoms with Crippen molar-refractivity contribution in [2.24, 2.45) is 0 Å². The van der Waals surface area contributed by atoms with Crippen molar-refractivity contribution in [3.05, 3.63) is 41.2 Å². The zero-order chi connectivity index (χ0) is 16.3. The van der Waals surface area contributed by atoms with Crippen LogP contribution in [0.3, 0.4) is 0 Å². The van der Waals surface area contributed by atoms with Crippen LogP contribution in [0.25, 0.3) is 0 Å². The summed E-state index contributed by atoms with van der Waals surface area (Å²) < 4.78 is 34.2. The summed E-state index contributed by atoms with van der Waals surface area (Å²) in [5.41, 5.74) is 2.74. The van der Waals surface area contributed by atoms with Crippen LogP contribution in [0.4, 0.5) is 0 Å². The van der Waals surface area contributed by atoms with Crippen LogP contribution in [0.1, 0.15) is 23.9 Å². The number of aromatic nitrogens is 2. The highest BCUT2D eigenvalue weighted by atomic mass is 32.2. The second-order valence-electron chi connectivity index (χ2n) is 4.97. The van der Waals surface area contributed by atoms with Gasteiger partial charge in [0.15, 0.2) is 0 Å². The van der Waals surface area contributed by atoms with Crippen molar-refractivity contribution in [3.63, 3.8) is 0 Å². The summed E-state index contributed by atoms with van der Waals surface area (Å²) in [5, 5.41) is 4.39. The molecule has 0 spiro atoms. The highest BCUT2D eigenvalue weighted by molar-refractivity contribution is 7.89. The van der Waals surface area contributed by atoms with Gasteiger partial charge in [-0.05, 0) is 45.0 Å². The van der Waals surface area contributed by atoms with Crippen molar-refractivity contribution >= 4 is 10.0 Å². The van der Waals surface area contributed by atoms with Crippen LogP contribution in [0.15, 0.2) is 29.2 Å². The zero-order valence-corrected chi connectivity index (χ0v) is 14.1. The Labute approximate surface area is 131 Å². The number of sulfonamides is 1. The predicted octanol–water partition coefficient (Wildman–Crippen LogP) is 2.01. The molecule has 1 heterocycles. The van der Waals surface area contributed by atoms with E-state index < -0.39 is 10.0 Å². The van der Waals surface area contributed by atoms with Crippen molar-refractivity contribution in [1.82, 2.24) is 14.5 Å². The molecule has 120 valence electrons. The highest BCUT2D eigenvalue weighted by Crippen LogP contribution is 2.17. The van der Waals surface area contributed by atoms with Crippen molar-refractivity contribution in [2.45, 2.75) is 38.8 Å². The number of nitrogens with one attached hydrogen (secondary N) is 1. The zero-order valence-electron chi connectivity index (χ0n) is 13.3. The molecule has 2 rings (SSSR count). The Morgan fingerprint density at radius 3 is 2.36 bits per heavy atom. The molecule has 1 aromatic carbocycles. The standard InChI is InChI=1S/C15H21N3O3S/c1-5-18-12(3)15(11(2)17-18)10-16-22(19,20)14-8-6-13(21-4)7-9-14/h6-9,16H,5,10H2,1-4H3. The van der Waals surface area contributed by atoms with Gasteiger partial charge in [0.25, 0.3) is 0 Å². The van der Waals surface area contributed by atoms with Crippen LogP contribution in [0.5, 0.6) is 5.75 Å². The minimum Gasteiger partial charge on any atom is -0.497 e. The topological polar surface area (TPSA) is 73.2 Å². The maximum atomic E-state index is 12.3. The first-order chi connectivity index (χ1) is 10.4.